The second-order valence-corrected chi connectivity index (χ2v) is 8.14. The van der Waals surface area contributed by atoms with E-state index in [0.29, 0.717) is 34.9 Å². The third-order valence-electron chi connectivity index (χ3n) is 4.52. The maximum absolute atomic E-state index is 12.3. The molecule has 0 unspecified atom stereocenters. The lowest BCUT2D eigenvalue weighted by Gasteiger charge is -2.21. The van der Waals surface area contributed by atoms with Crippen molar-refractivity contribution < 1.29 is 27.7 Å². The number of phenols is 1. The van der Waals surface area contributed by atoms with Gasteiger partial charge < -0.3 is 19.3 Å². The van der Waals surface area contributed by atoms with E-state index in [0.717, 1.165) is 16.2 Å². The molecule has 0 fully saturated rings. The van der Waals surface area contributed by atoms with E-state index >= 15 is 0 Å². The second kappa shape index (κ2) is 7.59. The third-order valence-corrected chi connectivity index (χ3v) is 5.53. The van der Waals surface area contributed by atoms with E-state index in [1.54, 1.807) is 37.4 Å². The van der Waals surface area contributed by atoms with Crippen LogP contribution < -0.4 is 14.2 Å². The van der Waals surface area contributed by atoms with Crippen molar-refractivity contribution in [3.05, 3.63) is 47.5 Å². The Balaban J connectivity index is 2.01. The van der Waals surface area contributed by atoms with Crippen molar-refractivity contribution in [1.29, 1.82) is 0 Å². The van der Waals surface area contributed by atoms with Gasteiger partial charge in [0.2, 0.25) is 10.0 Å². The monoisotopic (exact) mass is 406 g/mol. The zero-order valence-electron chi connectivity index (χ0n) is 16.0. The summed E-state index contributed by atoms with van der Waals surface area (Å²) in [6.45, 7) is 0. The number of rotatable bonds is 6. The smallest absolute Gasteiger partial charge is 0.247 e. The highest BCUT2D eigenvalue weighted by Crippen LogP contribution is 2.39. The van der Waals surface area contributed by atoms with Crippen LogP contribution in [0.2, 0.25) is 0 Å². The van der Waals surface area contributed by atoms with Gasteiger partial charge in [-0.2, -0.15) is 9.52 Å². The molecule has 1 heterocycles. The van der Waals surface area contributed by atoms with Crippen LogP contribution in [-0.2, 0) is 10.0 Å². The minimum atomic E-state index is -3.62. The van der Waals surface area contributed by atoms with Gasteiger partial charge in [-0.25, -0.2) is 8.42 Å². The van der Waals surface area contributed by atoms with Crippen molar-refractivity contribution in [2.24, 2.45) is 5.10 Å². The minimum Gasteiger partial charge on any atom is -0.504 e. The summed E-state index contributed by atoms with van der Waals surface area (Å²) in [5.41, 5.74) is 1.93. The SMILES string of the molecule is COc1ccc([C@@H]2CC(c3ccc(OC)c(OC)c3)=NN2S(C)(=O)=O)cc1O. The Morgan fingerprint density at radius 3 is 2.21 bits per heavy atom. The molecule has 3 rings (SSSR count). The maximum Gasteiger partial charge on any atom is 0.247 e. The first-order chi connectivity index (χ1) is 13.3. The average molecular weight is 406 g/mol. The second-order valence-electron chi connectivity index (χ2n) is 6.30. The molecule has 0 amide bonds. The van der Waals surface area contributed by atoms with Crippen LogP contribution in [0.25, 0.3) is 0 Å². The zero-order chi connectivity index (χ0) is 20.5. The molecule has 0 saturated carbocycles. The van der Waals surface area contributed by atoms with Gasteiger partial charge in [-0.15, -0.1) is 0 Å². The molecule has 150 valence electrons. The molecule has 0 aromatic heterocycles. The van der Waals surface area contributed by atoms with Gasteiger partial charge in [0.15, 0.2) is 23.0 Å². The Kier molecular flexibility index (Phi) is 5.37. The predicted octanol–water partition coefficient (Wildman–Crippen LogP) is 2.53. The van der Waals surface area contributed by atoms with Crippen LogP contribution in [0, 0.1) is 0 Å². The summed E-state index contributed by atoms with van der Waals surface area (Å²) < 4.78 is 41.3. The predicted molar refractivity (Wildman–Crippen MR) is 105 cm³/mol. The molecular weight excluding hydrogens is 384 g/mol. The van der Waals surface area contributed by atoms with E-state index in [-0.39, 0.29) is 5.75 Å². The fraction of sp³-hybridized carbons (Fsp3) is 0.316. The highest BCUT2D eigenvalue weighted by Gasteiger charge is 2.35. The molecule has 1 atom stereocenters. The van der Waals surface area contributed by atoms with Gasteiger partial charge in [0.05, 0.1) is 39.3 Å². The van der Waals surface area contributed by atoms with E-state index < -0.39 is 16.1 Å². The highest BCUT2D eigenvalue weighted by atomic mass is 32.2. The van der Waals surface area contributed by atoms with Gasteiger partial charge in [-0.3, -0.25) is 0 Å². The molecule has 1 aliphatic rings. The maximum atomic E-state index is 12.3. The first-order valence-corrected chi connectivity index (χ1v) is 10.3. The number of phenolic OH excluding ortho intramolecular Hbond substituents is 1. The Bertz CT molecular complexity index is 1020. The summed E-state index contributed by atoms with van der Waals surface area (Å²) in [6, 6.07) is 9.53. The lowest BCUT2D eigenvalue weighted by molar-refractivity contribution is 0.355. The van der Waals surface area contributed by atoms with E-state index in [9.17, 15) is 13.5 Å². The van der Waals surface area contributed by atoms with E-state index in [2.05, 4.69) is 5.10 Å². The number of aromatic hydroxyl groups is 1. The summed E-state index contributed by atoms with van der Waals surface area (Å²) in [4.78, 5) is 0. The Hall–Kier alpha value is -2.94. The zero-order valence-corrected chi connectivity index (χ0v) is 16.9. The Labute approximate surface area is 164 Å². The fourth-order valence-electron chi connectivity index (χ4n) is 3.15. The normalized spacial score (nSPS) is 16.6. The highest BCUT2D eigenvalue weighted by molar-refractivity contribution is 7.88. The minimum absolute atomic E-state index is 0.0620. The molecule has 2 aromatic rings. The van der Waals surface area contributed by atoms with Crippen LogP contribution in [0.1, 0.15) is 23.6 Å². The molecule has 2 aromatic carbocycles. The van der Waals surface area contributed by atoms with Crippen molar-refractivity contribution >= 4 is 15.7 Å². The van der Waals surface area contributed by atoms with Gasteiger partial charge >= 0.3 is 0 Å². The molecular formula is C19H22N2O6S. The summed E-state index contributed by atoms with van der Waals surface area (Å²) in [5, 5.41) is 14.4. The number of hydrazone groups is 1. The molecule has 0 bridgehead atoms. The molecule has 0 radical (unpaired) electrons. The quantitative estimate of drug-likeness (QED) is 0.792. The fourth-order valence-corrected chi connectivity index (χ4v) is 4.05. The van der Waals surface area contributed by atoms with Crippen molar-refractivity contribution in [3.63, 3.8) is 0 Å². The molecule has 1 N–H and O–H groups in total. The van der Waals surface area contributed by atoms with Gasteiger partial charge in [0.25, 0.3) is 0 Å². The number of hydrogen-bond donors (Lipinski definition) is 1. The van der Waals surface area contributed by atoms with Gasteiger partial charge in [0, 0.05) is 12.0 Å². The summed E-state index contributed by atoms with van der Waals surface area (Å²) in [6.07, 6.45) is 1.44. The van der Waals surface area contributed by atoms with Crippen LogP contribution in [0.15, 0.2) is 41.5 Å². The molecule has 1 aliphatic heterocycles. The molecule has 28 heavy (non-hydrogen) atoms. The van der Waals surface area contributed by atoms with Crippen LogP contribution >= 0.6 is 0 Å². The Morgan fingerprint density at radius 2 is 1.64 bits per heavy atom. The third kappa shape index (κ3) is 3.70. The summed E-state index contributed by atoms with van der Waals surface area (Å²) in [5.74, 6) is 1.35. The first-order valence-electron chi connectivity index (χ1n) is 8.44. The lowest BCUT2D eigenvalue weighted by Crippen LogP contribution is -2.25. The van der Waals surface area contributed by atoms with Gasteiger partial charge in [0.1, 0.15) is 0 Å². The molecule has 8 nitrogen and oxygen atoms in total. The summed E-state index contributed by atoms with van der Waals surface area (Å²) >= 11 is 0. The van der Waals surface area contributed by atoms with Crippen LogP contribution in [-0.4, -0.2) is 51.2 Å². The molecule has 0 aliphatic carbocycles. The first kappa shape index (κ1) is 19.8. The number of methoxy groups -OCH3 is 3. The van der Waals surface area contributed by atoms with Crippen LogP contribution in [0.5, 0.6) is 23.0 Å². The van der Waals surface area contributed by atoms with E-state index in [1.807, 2.05) is 0 Å². The number of hydrogen-bond acceptors (Lipinski definition) is 7. The van der Waals surface area contributed by atoms with Gasteiger partial charge in [-0.1, -0.05) is 6.07 Å². The number of ether oxygens (including phenoxy) is 3. The standard InChI is InChI=1S/C19H22N2O6S/c1-25-17-7-6-13(9-16(17)22)15-11-14(20-21(15)28(4,23)24)12-5-8-18(26-2)19(10-12)27-3/h5-10,15,22H,11H2,1-4H3/t15-/m0/s1. The molecule has 9 heteroatoms. The molecule has 0 saturated heterocycles. The van der Waals surface area contributed by atoms with Crippen molar-refractivity contribution in [2.75, 3.05) is 27.6 Å². The topological polar surface area (TPSA) is 97.7 Å². The summed E-state index contributed by atoms with van der Waals surface area (Å²) in [7, 11) is 0.904. The number of benzene rings is 2. The number of sulfonamides is 1. The van der Waals surface area contributed by atoms with Crippen molar-refractivity contribution in [2.45, 2.75) is 12.5 Å². The average Bonchev–Trinajstić information content (AvgIpc) is 3.13. The van der Waals surface area contributed by atoms with Crippen LogP contribution in [0.3, 0.4) is 0 Å². The lowest BCUT2D eigenvalue weighted by atomic mass is 9.98. The van der Waals surface area contributed by atoms with Gasteiger partial charge in [-0.05, 0) is 35.9 Å². The number of nitrogens with zero attached hydrogens (tertiary/aromatic N) is 2. The van der Waals surface area contributed by atoms with E-state index in [4.69, 9.17) is 14.2 Å². The van der Waals surface area contributed by atoms with Crippen molar-refractivity contribution in [1.82, 2.24) is 4.41 Å². The van der Waals surface area contributed by atoms with Crippen LogP contribution in [0.4, 0.5) is 0 Å². The largest absolute Gasteiger partial charge is 0.504 e. The molecule has 0 spiro atoms. The Morgan fingerprint density at radius 1 is 1.00 bits per heavy atom. The van der Waals surface area contributed by atoms with Crippen molar-refractivity contribution in [3.8, 4) is 23.0 Å². The van der Waals surface area contributed by atoms with E-state index in [1.165, 1.54) is 20.3 Å².